The van der Waals surface area contributed by atoms with E-state index in [-0.39, 0.29) is 6.10 Å². The molecule has 0 spiro atoms. The highest BCUT2D eigenvalue weighted by molar-refractivity contribution is 7.89. The molecule has 28 heavy (non-hydrogen) atoms. The zero-order valence-electron chi connectivity index (χ0n) is 15.3. The Morgan fingerprint density at radius 1 is 0.893 bits per heavy atom. The van der Waals surface area contributed by atoms with Gasteiger partial charge in [0.1, 0.15) is 12.4 Å². The highest BCUT2D eigenvalue weighted by Crippen LogP contribution is 2.25. The van der Waals surface area contributed by atoms with E-state index >= 15 is 0 Å². The molecule has 6 nitrogen and oxygen atoms in total. The first-order chi connectivity index (χ1) is 13.6. The number of rotatable bonds is 5. The summed E-state index contributed by atoms with van der Waals surface area (Å²) in [5.41, 5.74) is 2.06. The van der Waals surface area contributed by atoms with Crippen LogP contribution in [0.15, 0.2) is 78.1 Å². The molecule has 0 atom stereocenters. The Hall–Kier alpha value is -2.77. The van der Waals surface area contributed by atoms with Crippen molar-refractivity contribution < 1.29 is 13.2 Å². The Morgan fingerprint density at radius 3 is 2.21 bits per heavy atom. The number of benzene rings is 2. The standard InChI is InChI=1S/C21H21N3O3S/c25-28(26,20-8-6-18(7-9-20)17-4-2-1-3-5-17)24-14-11-19(12-15-24)27-21-10-13-22-16-23-21/h1-10,13,16,19H,11-12,14-15H2. The molecule has 2 aromatic carbocycles. The second-order valence-electron chi connectivity index (χ2n) is 6.66. The van der Waals surface area contributed by atoms with Gasteiger partial charge in [-0.1, -0.05) is 42.5 Å². The summed E-state index contributed by atoms with van der Waals surface area (Å²) in [6.07, 6.45) is 4.29. The van der Waals surface area contributed by atoms with Gasteiger partial charge in [-0.15, -0.1) is 0 Å². The lowest BCUT2D eigenvalue weighted by Crippen LogP contribution is -2.41. The fraction of sp³-hybridized carbons (Fsp3) is 0.238. The van der Waals surface area contributed by atoms with Gasteiger partial charge in [-0.2, -0.15) is 4.31 Å². The Balaban J connectivity index is 1.41. The van der Waals surface area contributed by atoms with Crippen molar-refractivity contribution in [2.24, 2.45) is 0 Å². The van der Waals surface area contributed by atoms with Gasteiger partial charge in [-0.25, -0.2) is 18.4 Å². The topological polar surface area (TPSA) is 72.4 Å². The maximum absolute atomic E-state index is 13.0. The molecule has 1 aliphatic rings. The minimum atomic E-state index is -3.51. The van der Waals surface area contributed by atoms with Gasteiger partial charge in [0.15, 0.2) is 0 Å². The van der Waals surface area contributed by atoms with Crippen molar-refractivity contribution in [2.75, 3.05) is 13.1 Å². The molecule has 1 fully saturated rings. The first-order valence-electron chi connectivity index (χ1n) is 9.21. The quantitative estimate of drug-likeness (QED) is 0.662. The molecule has 3 aromatic rings. The first-order valence-corrected chi connectivity index (χ1v) is 10.7. The van der Waals surface area contributed by atoms with Crippen molar-refractivity contribution in [2.45, 2.75) is 23.8 Å². The van der Waals surface area contributed by atoms with Crippen LogP contribution in [0.5, 0.6) is 5.88 Å². The van der Waals surface area contributed by atoms with Gasteiger partial charge in [0, 0.05) is 25.4 Å². The number of nitrogens with zero attached hydrogens (tertiary/aromatic N) is 3. The second-order valence-corrected chi connectivity index (χ2v) is 8.60. The van der Waals surface area contributed by atoms with E-state index in [0.717, 1.165) is 11.1 Å². The fourth-order valence-electron chi connectivity index (χ4n) is 3.31. The van der Waals surface area contributed by atoms with Crippen molar-refractivity contribution in [1.29, 1.82) is 0 Å². The van der Waals surface area contributed by atoms with Crippen molar-refractivity contribution in [3.63, 3.8) is 0 Å². The van der Waals surface area contributed by atoms with Crippen LogP contribution in [0.2, 0.25) is 0 Å². The monoisotopic (exact) mass is 395 g/mol. The van der Waals surface area contributed by atoms with Gasteiger partial charge in [-0.05, 0) is 36.1 Å². The smallest absolute Gasteiger partial charge is 0.243 e. The molecule has 0 bridgehead atoms. The van der Waals surface area contributed by atoms with E-state index in [2.05, 4.69) is 9.97 Å². The fourth-order valence-corrected chi connectivity index (χ4v) is 4.78. The summed E-state index contributed by atoms with van der Waals surface area (Å²) in [5.74, 6) is 0.521. The summed E-state index contributed by atoms with van der Waals surface area (Å²) < 4.78 is 33.3. The number of piperidine rings is 1. The third-order valence-corrected chi connectivity index (χ3v) is 6.76. The molecule has 0 saturated carbocycles. The van der Waals surface area contributed by atoms with Gasteiger partial charge >= 0.3 is 0 Å². The van der Waals surface area contributed by atoms with Crippen LogP contribution in [0.3, 0.4) is 0 Å². The maximum Gasteiger partial charge on any atom is 0.243 e. The van der Waals surface area contributed by atoms with Gasteiger partial charge in [0.25, 0.3) is 0 Å². The zero-order chi connectivity index (χ0) is 19.4. The van der Waals surface area contributed by atoms with E-state index < -0.39 is 10.0 Å². The van der Waals surface area contributed by atoms with Crippen LogP contribution in [0, 0.1) is 0 Å². The Bertz CT molecular complexity index is 1000. The average Bonchev–Trinajstić information content (AvgIpc) is 2.76. The van der Waals surface area contributed by atoms with E-state index in [4.69, 9.17) is 4.74 Å². The van der Waals surface area contributed by atoms with Crippen LogP contribution in [-0.2, 0) is 10.0 Å². The van der Waals surface area contributed by atoms with Gasteiger partial charge in [0.2, 0.25) is 15.9 Å². The Labute approximate surface area is 164 Å². The lowest BCUT2D eigenvalue weighted by Gasteiger charge is -2.31. The minimum absolute atomic E-state index is 0.0400. The molecule has 144 valence electrons. The lowest BCUT2D eigenvalue weighted by atomic mass is 10.1. The van der Waals surface area contributed by atoms with Crippen LogP contribution in [0.25, 0.3) is 11.1 Å². The third-order valence-electron chi connectivity index (χ3n) is 4.84. The molecule has 0 N–H and O–H groups in total. The molecular weight excluding hydrogens is 374 g/mol. The minimum Gasteiger partial charge on any atom is -0.474 e. The summed E-state index contributed by atoms with van der Waals surface area (Å²) in [5, 5.41) is 0. The van der Waals surface area contributed by atoms with E-state index in [1.54, 1.807) is 24.4 Å². The largest absolute Gasteiger partial charge is 0.474 e. The molecule has 0 unspecified atom stereocenters. The summed E-state index contributed by atoms with van der Waals surface area (Å²) in [6.45, 7) is 0.858. The van der Waals surface area contributed by atoms with Gasteiger partial charge in [0.05, 0.1) is 4.90 Å². The van der Waals surface area contributed by atoms with Crippen molar-refractivity contribution in [3.05, 3.63) is 73.2 Å². The molecule has 7 heteroatoms. The molecule has 2 heterocycles. The molecule has 4 rings (SSSR count). The van der Waals surface area contributed by atoms with E-state index in [1.807, 2.05) is 42.5 Å². The van der Waals surface area contributed by atoms with E-state index in [0.29, 0.717) is 36.7 Å². The molecule has 0 amide bonds. The summed E-state index contributed by atoms with van der Waals surface area (Å²) in [7, 11) is -3.51. The number of hydrogen-bond donors (Lipinski definition) is 0. The van der Waals surface area contributed by atoms with E-state index in [1.165, 1.54) is 10.6 Å². The number of aromatic nitrogens is 2. The van der Waals surface area contributed by atoms with Crippen LogP contribution < -0.4 is 4.74 Å². The second kappa shape index (κ2) is 8.08. The highest BCUT2D eigenvalue weighted by Gasteiger charge is 2.30. The van der Waals surface area contributed by atoms with Crippen LogP contribution in [-0.4, -0.2) is 41.9 Å². The summed E-state index contributed by atoms with van der Waals surface area (Å²) in [4.78, 5) is 8.24. The van der Waals surface area contributed by atoms with Gasteiger partial charge in [-0.3, -0.25) is 0 Å². The molecule has 0 radical (unpaired) electrons. The van der Waals surface area contributed by atoms with Crippen LogP contribution >= 0.6 is 0 Å². The van der Waals surface area contributed by atoms with Crippen molar-refractivity contribution in [3.8, 4) is 17.0 Å². The maximum atomic E-state index is 13.0. The highest BCUT2D eigenvalue weighted by atomic mass is 32.2. The zero-order valence-corrected chi connectivity index (χ0v) is 16.1. The summed E-state index contributed by atoms with van der Waals surface area (Å²) in [6, 6.07) is 18.7. The first kappa shape index (κ1) is 18.6. The number of hydrogen-bond acceptors (Lipinski definition) is 5. The van der Waals surface area contributed by atoms with Gasteiger partial charge < -0.3 is 4.74 Å². The van der Waals surface area contributed by atoms with Crippen LogP contribution in [0.4, 0.5) is 0 Å². The molecule has 1 aromatic heterocycles. The van der Waals surface area contributed by atoms with Crippen LogP contribution in [0.1, 0.15) is 12.8 Å². The van der Waals surface area contributed by atoms with E-state index in [9.17, 15) is 8.42 Å². The third kappa shape index (κ3) is 4.05. The normalized spacial score (nSPS) is 16.0. The average molecular weight is 395 g/mol. The molecular formula is C21H21N3O3S. The number of ether oxygens (including phenoxy) is 1. The van der Waals surface area contributed by atoms with Crippen molar-refractivity contribution >= 4 is 10.0 Å². The molecule has 1 aliphatic heterocycles. The van der Waals surface area contributed by atoms with Crippen molar-refractivity contribution in [1.82, 2.24) is 14.3 Å². The predicted molar refractivity (Wildman–Crippen MR) is 106 cm³/mol. The Kier molecular flexibility index (Phi) is 5.36. The molecule has 0 aliphatic carbocycles. The summed E-state index contributed by atoms with van der Waals surface area (Å²) >= 11 is 0. The Morgan fingerprint density at radius 2 is 1.57 bits per heavy atom. The number of sulfonamides is 1. The predicted octanol–water partition coefficient (Wildman–Crippen LogP) is 3.38. The lowest BCUT2D eigenvalue weighted by molar-refractivity contribution is 0.129. The SMILES string of the molecule is O=S(=O)(c1ccc(-c2ccccc2)cc1)N1CCC(Oc2ccncn2)CC1. The molecule has 1 saturated heterocycles.